The van der Waals surface area contributed by atoms with Crippen LogP contribution in [0.1, 0.15) is 21.5 Å². The molecule has 3 N–H and O–H groups in total. The molecular weight excluding hydrogens is 551 g/mol. The Kier molecular flexibility index (Phi) is 10.0. The van der Waals surface area contributed by atoms with Gasteiger partial charge in [-0.05, 0) is 50.7 Å². The van der Waals surface area contributed by atoms with Crippen molar-refractivity contribution in [2.24, 2.45) is 0 Å². The summed E-state index contributed by atoms with van der Waals surface area (Å²) >= 11 is 0. The van der Waals surface area contributed by atoms with Gasteiger partial charge >= 0.3 is 12.1 Å². The monoisotopic (exact) mass is 585 g/mol. The summed E-state index contributed by atoms with van der Waals surface area (Å²) in [5.74, 6) is -2.82. The molecule has 2 saturated heterocycles. The summed E-state index contributed by atoms with van der Waals surface area (Å²) in [6.45, 7) is 9.91. The lowest BCUT2D eigenvalue weighted by molar-refractivity contribution is -0.192. The molecule has 2 aromatic rings. The van der Waals surface area contributed by atoms with Crippen LogP contribution in [0, 0.1) is 13.8 Å². The number of halogens is 3. The molecule has 0 radical (unpaired) electrons. The van der Waals surface area contributed by atoms with Crippen LogP contribution in [-0.2, 0) is 14.8 Å². The molecule has 0 saturated carbocycles. The van der Waals surface area contributed by atoms with Crippen molar-refractivity contribution in [2.75, 3.05) is 69.0 Å². The van der Waals surface area contributed by atoms with Crippen LogP contribution in [0.3, 0.4) is 0 Å². The Morgan fingerprint density at radius 2 is 1.55 bits per heavy atom. The fourth-order valence-electron chi connectivity index (χ4n) is 4.43. The van der Waals surface area contributed by atoms with Crippen molar-refractivity contribution in [3.63, 3.8) is 0 Å². The summed E-state index contributed by atoms with van der Waals surface area (Å²) in [6, 6.07) is 10.7. The van der Waals surface area contributed by atoms with Crippen LogP contribution in [0.5, 0.6) is 0 Å². The van der Waals surface area contributed by atoms with Crippen molar-refractivity contribution < 1.29 is 36.3 Å². The average molecular weight is 586 g/mol. The third-order valence-electron chi connectivity index (χ3n) is 6.60. The number of aliphatic carboxylic acids is 1. The number of hydrogen-bond donors (Lipinski definition) is 3. The van der Waals surface area contributed by atoms with Gasteiger partial charge < -0.3 is 25.1 Å². The molecule has 40 heavy (non-hydrogen) atoms. The van der Waals surface area contributed by atoms with Crippen LogP contribution < -0.4 is 14.9 Å². The lowest BCUT2D eigenvalue weighted by Gasteiger charge is -2.33. The molecule has 0 atom stereocenters. The van der Waals surface area contributed by atoms with E-state index in [0.717, 1.165) is 50.5 Å². The van der Waals surface area contributed by atoms with Gasteiger partial charge in [0.15, 0.2) is 0 Å². The zero-order chi connectivity index (χ0) is 29.7. The van der Waals surface area contributed by atoms with Crippen molar-refractivity contribution in [2.45, 2.75) is 24.9 Å². The third kappa shape index (κ3) is 8.08. The summed E-state index contributed by atoms with van der Waals surface area (Å²) in [7, 11) is -1.77. The average Bonchev–Trinajstić information content (AvgIpc) is 2.88. The van der Waals surface area contributed by atoms with Crippen LogP contribution in [0.2, 0.25) is 0 Å². The number of benzene rings is 2. The molecule has 1 amide bonds. The lowest BCUT2D eigenvalue weighted by atomic mass is 10.1. The maximum absolute atomic E-state index is 13.3. The van der Waals surface area contributed by atoms with Crippen molar-refractivity contribution in [3.05, 3.63) is 53.1 Å². The Morgan fingerprint density at radius 1 is 0.950 bits per heavy atom. The first-order chi connectivity index (χ1) is 18.7. The molecule has 2 aliphatic rings. The van der Waals surface area contributed by atoms with Crippen LogP contribution in [-0.4, -0.2) is 101 Å². The molecule has 10 nitrogen and oxygen atoms in total. The summed E-state index contributed by atoms with van der Waals surface area (Å²) in [5, 5.41) is 10.4. The molecule has 2 aromatic carbocycles. The van der Waals surface area contributed by atoms with Crippen molar-refractivity contribution in [1.29, 1.82) is 0 Å². The summed E-state index contributed by atoms with van der Waals surface area (Å²) in [5.41, 5.74) is 3.43. The molecule has 0 aliphatic carbocycles. The number of aryl methyl sites for hydroxylation is 2. The Labute approximate surface area is 231 Å². The highest BCUT2D eigenvalue weighted by Gasteiger charge is 2.38. The summed E-state index contributed by atoms with van der Waals surface area (Å²) < 4.78 is 61.2. The maximum Gasteiger partial charge on any atom is 0.490 e. The number of nitrogens with zero attached hydrogens (tertiary/aromatic N) is 3. The van der Waals surface area contributed by atoms with Gasteiger partial charge in [-0.2, -0.15) is 13.2 Å². The van der Waals surface area contributed by atoms with Gasteiger partial charge in [-0.25, -0.2) is 13.2 Å². The number of carbonyl (C=O) groups excluding carboxylic acids is 1. The highest BCUT2D eigenvalue weighted by Crippen LogP contribution is 2.31. The van der Waals surface area contributed by atoms with Gasteiger partial charge in [-0.1, -0.05) is 17.7 Å². The number of piperazine rings is 2. The predicted octanol–water partition coefficient (Wildman–Crippen LogP) is 2.53. The fourth-order valence-corrected chi connectivity index (χ4v) is 5.72. The minimum absolute atomic E-state index is 0.0677. The molecule has 220 valence electrons. The number of rotatable bonds is 5. The first kappa shape index (κ1) is 31.2. The van der Waals surface area contributed by atoms with Gasteiger partial charge in [0.1, 0.15) is 0 Å². The highest BCUT2D eigenvalue weighted by molar-refractivity contribution is 7.92. The minimum atomic E-state index is -5.08. The number of likely N-dealkylation sites (N-methyl/N-ethyl adjacent to an activating group) is 1. The normalized spacial score (nSPS) is 16.6. The smallest absolute Gasteiger partial charge is 0.475 e. The van der Waals surface area contributed by atoms with Crippen molar-refractivity contribution in [3.8, 4) is 0 Å². The predicted molar refractivity (Wildman–Crippen MR) is 145 cm³/mol. The number of carboxylic acids is 1. The number of hydrogen-bond acceptors (Lipinski definition) is 7. The van der Waals surface area contributed by atoms with Crippen LogP contribution in [0.4, 0.5) is 24.5 Å². The van der Waals surface area contributed by atoms with E-state index in [1.54, 1.807) is 25.1 Å². The molecule has 2 aliphatic heterocycles. The molecule has 2 fully saturated rings. The molecular formula is C26H34F3N5O5S. The van der Waals surface area contributed by atoms with Gasteiger partial charge in [0.2, 0.25) is 0 Å². The van der Waals surface area contributed by atoms with E-state index < -0.39 is 22.2 Å². The zero-order valence-corrected chi connectivity index (χ0v) is 23.4. The Morgan fingerprint density at radius 3 is 2.10 bits per heavy atom. The number of nitrogens with one attached hydrogen (secondary N) is 2. The number of amides is 1. The fraction of sp³-hybridized carbons (Fsp3) is 0.462. The maximum atomic E-state index is 13.3. The van der Waals surface area contributed by atoms with Crippen LogP contribution in [0.25, 0.3) is 0 Å². The Bertz CT molecular complexity index is 1320. The topological polar surface area (TPSA) is 122 Å². The van der Waals surface area contributed by atoms with E-state index in [9.17, 15) is 26.4 Å². The van der Waals surface area contributed by atoms with Gasteiger partial charge in [-0.3, -0.25) is 9.52 Å². The van der Waals surface area contributed by atoms with Gasteiger partial charge in [0, 0.05) is 57.9 Å². The zero-order valence-electron chi connectivity index (χ0n) is 22.6. The second-order valence-corrected chi connectivity index (χ2v) is 11.4. The summed E-state index contributed by atoms with van der Waals surface area (Å²) in [6.07, 6.45) is -5.08. The summed E-state index contributed by atoms with van der Waals surface area (Å²) in [4.78, 5) is 28.5. The standard InChI is InChI=1S/C24H33N5O3S.C2HF3O2/c1-18-4-7-23(19(2)16-18)33(31,32)26-21-17-20(24(30)29-14-12-27(3)13-15-29)5-6-22(21)28-10-8-25-9-11-28;3-2(4,5)1(6)7/h4-7,16-17,25-26H,8-15H2,1-3H3;(H,6,7). The third-order valence-corrected chi connectivity index (χ3v) is 8.12. The van der Waals surface area contributed by atoms with Crippen LogP contribution in [0.15, 0.2) is 41.3 Å². The first-order valence-corrected chi connectivity index (χ1v) is 14.1. The number of sulfonamides is 1. The van der Waals surface area contributed by atoms with Crippen molar-refractivity contribution >= 4 is 33.3 Å². The number of anilines is 2. The van der Waals surface area contributed by atoms with E-state index >= 15 is 0 Å². The molecule has 0 bridgehead atoms. The Hall–Kier alpha value is -3.36. The second kappa shape index (κ2) is 12.9. The van der Waals surface area contributed by atoms with E-state index in [1.165, 1.54) is 0 Å². The van der Waals surface area contributed by atoms with E-state index in [1.807, 2.05) is 37.1 Å². The van der Waals surface area contributed by atoms with Crippen LogP contribution >= 0.6 is 0 Å². The second-order valence-electron chi connectivity index (χ2n) is 9.74. The van der Waals surface area contributed by atoms with Gasteiger partial charge in [-0.15, -0.1) is 0 Å². The largest absolute Gasteiger partial charge is 0.490 e. The van der Waals surface area contributed by atoms with Crippen molar-refractivity contribution in [1.82, 2.24) is 15.1 Å². The molecule has 0 aromatic heterocycles. The molecule has 0 spiro atoms. The van der Waals surface area contributed by atoms with E-state index in [0.29, 0.717) is 29.9 Å². The van der Waals surface area contributed by atoms with E-state index in [4.69, 9.17) is 9.90 Å². The molecule has 14 heteroatoms. The highest BCUT2D eigenvalue weighted by atomic mass is 32.2. The number of alkyl halides is 3. The first-order valence-electron chi connectivity index (χ1n) is 12.7. The van der Waals surface area contributed by atoms with Gasteiger partial charge in [0.25, 0.3) is 15.9 Å². The molecule has 4 rings (SSSR count). The quantitative estimate of drug-likeness (QED) is 0.490. The Balaban J connectivity index is 0.000000559. The number of carbonyl (C=O) groups is 2. The minimum Gasteiger partial charge on any atom is -0.475 e. The lowest BCUT2D eigenvalue weighted by Crippen LogP contribution is -2.47. The number of carboxylic acid groups (broad SMARTS) is 1. The molecule has 0 unspecified atom stereocenters. The van der Waals surface area contributed by atoms with Gasteiger partial charge in [0.05, 0.1) is 16.3 Å². The SMILES string of the molecule is Cc1ccc(S(=O)(=O)Nc2cc(C(=O)N3CCN(C)CC3)ccc2N2CCNCC2)c(C)c1.O=C(O)C(F)(F)F. The van der Waals surface area contributed by atoms with E-state index in [-0.39, 0.29) is 10.8 Å². The molecule has 2 heterocycles. The van der Waals surface area contributed by atoms with E-state index in [2.05, 4.69) is 19.8 Å².